The van der Waals surface area contributed by atoms with Crippen LogP contribution in [0.15, 0.2) is 66.7 Å². The third-order valence-corrected chi connectivity index (χ3v) is 4.08. The van der Waals surface area contributed by atoms with Crippen molar-refractivity contribution in [1.82, 2.24) is 0 Å². The normalized spacial score (nSPS) is 10.5. The molecule has 0 amide bonds. The first-order valence-electron chi connectivity index (χ1n) is 8.48. The Balaban J connectivity index is 1.76. The van der Waals surface area contributed by atoms with Crippen molar-refractivity contribution in [1.29, 1.82) is 0 Å². The van der Waals surface area contributed by atoms with Crippen molar-refractivity contribution >= 4 is 11.6 Å². The van der Waals surface area contributed by atoms with Crippen LogP contribution in [0.5, 0.6) is 17.2 Å². The minimum Gasteiger partial charge on any atom is -0.508 e. The molecule has 0 aliphatic carbocycles. The summed E-state index contributed by atoms with van der Waals surface area (Å²) < 4.78 is 19.6. The van der Waals surface area contributed by atoms with Gasteiger partial charge in [-0.3, -0.25) is 9.59 Å². The maximum absolute atomic E-state index is 14.3. The summed E-state index contributed by atoms with van der Waals surface area (Å²) >= 11 is 0. The molecule has 0 saturated heterocycles. The summed E-state index contributed by atoms with van der Waals surface area (Å²) in [5.41, 5.74) is 0.803. The van der Waals surface area contributed by atoms with Gasteiger partial charge in [-0.15, -0.1) is 0 Å². The van der Waals surface area contributed by atoms with E-state index in [0.29, 0.717) is 0 Å². The Bertz CT molecular complexity index is 1030. The standard InChI is InChI=1S/C22H17FO5/c23-19-9-3-6-16(12-20(26)14-4-1-7-17(24)10-14)22(19)28-13-21(27)15-5-2-8-18(25)11-15/h1-11,24-25H,12-13H2. The molecule has 0 unspecified atom stereocenters. The number of para-hydroxylation sites is 1. The van der Waals surface area contributed by atoms with Gasteiger partial charge in [0, 0.05) is 23.1 Å². The highest BCUT2D eigenvalue weighted by Gasteiger charge is 2.17. The first-order chi connectivity index (χ1) is 13.4. The molecule has 28 heavy (non-hydrogen) atoms. The fraction of sp³-hybridized carbons (Fsp3) is 0.0909. The second-order valence-corrected chi connectivity index (χ2v) is 6.14. The SMILES string of the molecule is O=C(COc1c(F)cccc1CC(=O)c1cccc(O)c1)c1cccc(O)c1. The Morgan fingerprint density at radius 2 is 1.39 bits per heavy atom. The molecule has 0 aromatic heterocycles. The number of carbonyl (C=O) groups excluding carboxylic acids is 2. The maximum atomic E-state index is 14.3. The van der Waals surface area contributed by atoms with E-state index in [0.717, 1.165) is 0 Å². The number of phenolic OH excluding ortho intramolecular Hbond substituents is 2. The van der Waals surface area contributed by atoms with E-state index < -0.39 is 18.2 Å². The van der Waals surface area contributed by atoms with Gasteiger partial charge < -0.3 is 14.9 Å². The van der Waals surface area contributed by atoms with Crippen molar-refractivity contribution in [3.8, 4) is 17.2 Å². The number of ether oxygens (including phenoxy) is 1. The maximum Gasteiger partial charge on any atom is 0.200 e. The number of phenols is 2. The number of halogens is 1. The van der Waals surface area contributed by atoms with Crippen LogP contribution in [0.4, 0.5) is 4.39 Å². The highest BCUT2D eigenvalue weighted by atomic mass is 19.1. The molecule has 0 saturated carbocycles. The summed E-state index contributed by atoms with van der Waals surface area (Å²) in [6.07, 6.45) is -0.156. The van der Waals surface area contributed by atoms with Crippen molar-refractivity contribution in [2.24, 2.45) is 0 Å². The zero-order chi connectivity index (χ0) is 20.1. The van der Waals surface area contributed by atoms with Crippen molar-refractivity contribution in [2.45, 2.75) is 6.42 Å². The van der Waals surface area contributed by atoms with E-state index in [9.17, 15) is 24.2 Å². The van der Waals surface area contributed by atoms with E-state index in [2.05, 4.69) is 0 Å². The van der Waals surface area contributed by atoms with Gasteiger partial charge >= 0.3 is 0 Å². The first kappa shape index (κ1) is 19.1. The van der Waals surface area contributed by atoms with Gasteiger partial charge in [-0.05, 0) is 30.3 Å². The monoisotopic (exact) mass is 380 g/mol. The number of carbonyl (C=O) groups is 2. The van der Waals surface area contributed by atoms with Crippen molar-refractivity contribution in [3.63, 3.8) is 0 Å². The Morgan fingerprint density at radius 1 is 0.821 bits per heavy atom. The average Bonchev–Trinajstić information content (AvgIpc) is 2.67. The van der Waals surface area contributed by atoms with E-state index in [-0.39, 0.29) is 46.1 Å². The van der Waals surface area contributed by atoms with E-state index in [1.54, 1.807) is 12.1 Å². The lowest BCUT2D eigenvalue weighted by Gasteiger charge is -2.12. The van der Waals surface area contributed by atoms with Crippen LogP contribution < -0.4 is 4.74 Å². The summed E-state index contributed by atoms with van der Waals surface area (Å²) in [4.78, 5) is 24.7. The second kappa shape index (κ2) is 8.35. The van der Waals surface area contributed by atoms with Gasteiger partial charge in [-0.25, -0.2) is 4.39 Å². The zero-order valence-electron chi connectivity index (χ0n) is 14.8. The molecule has 142 valence electrons. The lowest BCUT2D eigenvalue weighted by Crippen LogP contribution is -2.14. The Kier molecular flexibility index (Phi) is 5.69. The molecular formula is C22H17FO5. The molecule has 3 rings (SSSR count). The largest absolute Gasteiger partial charge is 0.508 e. The van der Waals surface area contributed by atoms with E-state index >= 15 is 0 Å². The van der Waals surface area contributed by atoms with Crippen LogP contribution in [-0.2, 0) is 6.42 Å². The molecule has 0 spiro atoms. The van der Waals surface area contributed by atoms with E-state index in [4.69, 9.17) is 4.74 Å². The highest BCUT2D eigenvalue weighted by Crippen LogP contribution is 2.25. The topological polar surface area (TPSA) is 83.8 Å². The van der Waals surface area contributed by atoms with Crippen LogP contribution in [0.25, 0.3) is 0 Å². The van der Waals surface area contributed by atoms with Crippen LogP contribution in [0, 0.1) is 5.82 Å². The summed E-state index contributed by atoms with van der Waals surface area (Å²) in [6.45, 7) is -0.447. The van der Waals surface area contributed by atoms with Gasteiger partial charge in [0.2, 0.25) is 0 Å². The predicted molar refractivity (Wildman–Crippen MR) is 100 cm³/mol. The molecule has 5 nitrogen and oxygen atoms in total. The van der Waals surface area contributed by atoms with Gasteiger partial charge in [0.1, 0.15) is 11.5 Å². The fourth-order valence-electron chi connectivity index (χ4n) is 2.71. The third kappa shape index (κ3) is 4.54. The highest BCUT2D eigenvalue weighted by molar-refractivity contribution is 5.98. The molecule has 0 atom stereocenters. The smallest absolute Gasteiger partial charge is 0.200 e. The Hall–Kier alpha value is -3.67. The molecule has 0 bridgehead atoms. The van der Waals surface area contributed by atoms with Crippen molar-refractivity contribution in [3.05, 3.63) is 89.2 Å². The van der Waals surface area contributed by atoms with E-state index in [1.165, 1.54) is 54.6 Å². The molecule has 0 fully saturated rings. The van der Waals surface area contributed by atoms with Gasteiger partial charge in [0.15, 0.2) is 29.7 Å². The minimum absolute atomic E-state index is 0.0433. The molecule has 3 aromatic carbocycles. The molecular weight excluding hydrogens is 363 g/mol. The number of hydrogen-bond acceptors (Lipinski definition) is 5. The molecule has 6 heteroatoms. The molecule has 0 aliphatic rings. The Labute approximate surface area is 160 Å². The van der Waals surface area contributed by atoms with Crippen LogP contribution in [0.3, 0.4) is 0 Å². The molecule has 2 N–H and O–H groups in total. The number of hydrogen-bond donors (Lipinski definition) is 2. The number of benzene rings is 3. The van der Waals surface area contributed by atoms with Crippen molar-refractivity contribution < 1.29 is 28.9 Å². The van der Waals surface area contributed by atoms with Crippen LogP contribution in [0.2, 0.25) is 0 Å². The van der Waals surface area contributed by atoms with Gasteiger partial charge in [0.05, 0.1) is 0 Å². The molecule has 3 aromatic rings. The second-order valence-electron chi connectivity index (χ2n) is 6.14. The zero-order valence-corrected chi connectivity index (χ0v) is 14.8. The van der Waals surface area contributed by atoms with E-state index in [1.807, 2.05) is 0 Å². The van der Waals surface area contributed by atoms with Gasteiger partial charge in [0.25, 0.3) is 0 Å². The number of rotatable bonds is 7. The lowest BCUT2D eigenvalue weighted by atomic mass is 10.0. The Morgan fingerprint density at radius 3 is 2.00 bits per heavy atom. The van der Waals surface area contributed by atoms with Crippen LogP contribution in [0.1, 0.15) is 26.3 Å². The average molecular weight is 380 g/mol. The third-order valence-electron chi connectivity index (χ3n) is 4.08. The van der Waals surface area contributed by atoms with Crippen LogP contribution >= 0.6 is 0 Å². The summed E-state index contributed by atoms with van der Waals surface area (Å²) in [5, 5.41) is 19.0. The number of aromatic hydroxyl groups is 2. The van der Waals surface area contributed by atoms with Gasteiger partial charge in [-0.2, -0.15) is 0 Å². The summed E-state index contributed by atoms with van der Waals surface area (Å²) in [7, 11) is 0. The molecule has 0 aliphatic heterocycles. The fourth-order valence-corrected chi connectivity index (χ4v) is 2.71. The minimum atomic E-state index is -0.690. The quantitative estimate of drug-likeness (QED) is 0.607. The first-order valence-corrected chi connectivity index (χ1v) is 8.48. The summed E-state index contributed by atoms with van der Waals surface area (Å²) in [6, 6.07) is 15.8. The van der Waals surface area contributed by atoms with Crippen LogP contribution in [-0.4, -0.2) is 28.4 Å². The van der Waals surface area contributed by atoms with Gasteiger partial charge in [-0.1, -0.05) is 36.4 Å². The van der Waals surface area contributed by atoms with Crippen molar-refractivity contribution in [2.75, 3.05) is 6.61 Å². The molecule has 0 heterocycles. The number of ketones is 2. The molecule has 0 radical (unpaired) electrons. The summed E-state index contributed by atoms with van der Waals surface area (Å²) in [5.74, 6) is -1.74. The lowest BCUT2D eigenvalue weighted by molar-refractivity contribution is 0.0917. The number of Topliss-reactive ketones (excluding diaryl/α,β-unsaturated/α-hetero) is 2. The predicted octanol–water partition coefficient (Wildman–Crippen LogP) is 3.92.